The Morgan fingerprint density at radius 3 is 2.85 bits per heavy atom. The van der Waals surface area contributed by atoms with Gasteiger partial charge in [-0.2, -0.15) is 0 Å². The van der Waals surface area contributed by atoms with Crippen LogP contribution in [0.1, 0.15) is 43.6 Å². The van der Waals surface area contributed by atoms with Gasteiger partial charge >= 0.3 is 6.03 Å². The second-order valence-corrected chi connectivity index (χ2v) is 7.68. The van der Waals surface area contributed by atoms with Crippen LogP contribution in [0.15, 0.2) is 18.2 Å². The minimum absolute atomic E-state index is 0.0636. The molecule has 1 aliphatic rings. The molecule has 27 heavy (non-hydrogen) atoms. The quantitative estimate of drug-likeness (QED) is 0.725. The fourth-order valence-corrected chi connectivity index (χ4v) is 3.68. The second-order valence-electron chi connectivity index (χ2n) is 7.68. The number of aryl methyl sites for hydroxylation is 1. The van der Waals surface area contributed by atoms with Crippen LogP contribution in [0, 0.1) is 12.3 Å². The number of amides is 2. The number of carbonyl (C=O) groups excluding carboxylic acids is 1. The number of H-pyrrole nitrogens is 1. The number of aromatic nitrogens is 2. The zero-order chi connectivity index (χ0) is 19.4. The first-order valence-corrected chi connectivity index (χ1v) is 9.63. The summed E-state index contributed by atoms with van der Waals surface area (Å²) in [5.74, 6) is 0.766. The Balaban J connectivity index is 1.68. The van der Waals surface area contributed by atoms with E-state index >= 15 is 0 Å². The zero-order valence-corrected chi connectivity index (χ0v) is 16.4. The highest BCUT2D eigenvalue weighted by molar-refractivity contribution is 5.77. The monoisotopic (exact) mass is 374 g/mol. The maximum Gasteiger partial charge on any atom is 0.317 e. The van der Waals surface area contributed by atoms with Crippen molar-refractivity contribution in [2.45, 2.75) is 39.2 Å². The van der Waals surface area contributed by atoms with Gasteiger partial charge in [-0.1, -0.05) is 13.0 Å². The van der Waals surface area contributed by atoms with E-state index < -0.39 is 0 Å². The molecular weight excluding hydrogens is 344 g/mol. The van der Waals surface area contributed by atoms with Gasteiger partial charge in [0.1, 0.15) is 5.82 Å². The number of hydrogen-bond acceptors (Lipinski definition) is 4. The van der Waals surface area contributed by atoms with Crippen molar-refractivity contribution < 1.29 is 14.6 Å². The normalized spacial score (nSPS) is 17.6. The summed E-state index contributed by atoms with van der Waals surface area (Å²) in [5.41, 5.74) is 2.77. The first kappa shape index (κ1) is 19.6. The van der Waals surface area contributed by atoms with E-state index in [-0.39, 0.29) is 24.1 Å². The van der Waals surface area contributed by atoms with Crippen LogP contribution in [0.25, 0.3) is 11.0 Å². The largest absolute Gasteiger partial charge is 0.396 e. The smallest absolute Gasteiger partial charge is 0.317 e. The molecule has 0 saturated carbocycles. The van der Waals surface area contributed by atoms with Gasteiger partial charge in [0.25, 0.3) is 0 Å². The number of hydrogen-bond donors (Lipinski definition) is 3. The average Bonchev–Trinajstić information content (AvgIpc) is 3.09. The summed E-state index contributed by atoms with van der Waals surface area (Å²) in [6, 6.07) is 5.73. The maximum atomic E-state index is 12.7. The minimum Gasteiger partial charge on any atom is -0.396 e. The van der Waals surface area contributed by atoms with Crippen molar-refractivity contribution in [3.63, 3.8) is 0 Å². The third kappa shape index (κ3) is 4.42. The summed E-state index contributed by atoms with van der Waals surface area (Å²) in [7, 11) is 1.77. The van der Waals surface area contributed by atoms with Crippen molar-refractivity contribution in [2.75, 3.05) is 33.4 Å². The summed E-state index contributed by atoms with van der Waals surface area (Å²) in [6.07, 6.45) is 2.26. The Hall–Kier alpha value is -2.12. The van der Waals surface area contributed by atoms with E-state index in [0.29, 0.717) is 19.8 Å². The van der Waals surface area contributed by atoms with Crippen LogP contribution in [0.2, 0.25) is 0 Å². The molecule has 0 bridgehead atoms. The van der Waals surface area contributed by atoms with Crippen molar-refractivity contribution in [1.29, 1.82) is 0 Å². The molecule has 7 heteroatoms. The van der Waals surface area contributed by atoms with Gasteiger partial charge in [-0.05, 0) is 43.9 Å². The van der Waals surface area contributed by atoms with E-state index in [9.17, 15) is 9.90 Å². The molecule has 1 saturated heterocycles. The molecule has 1 atom stereocenters. The Morgan fingerprint density at radius 2 is 2.19 bits per heavy atom. The molecule has 0 spiro atoms. The van der Waals surface area contributed by atoms with Crippen LogP contribution in [0.3, 0.4) is 0 Å². The topological polar surface area (TPSA) is 90.5 Å². The fourth-order valence-electron chi connectivity index (χ4n) is 3.68. The average molecular weight is 374 g/mol. The lowest BCUT2D eigenvalue weighted by atomic mass is 9.80. The second kappa shape index (κ2) is 8.27. The summed E-state index contributed by atoms with van der Waals surface area (Å²) < 4.78 is 5.40. The number of rotatable bonds is 6. The standard InChI is InChI=1S/C20H30N4O3/c1-4-15(18-21-16-6-5-14(2)11-17(16)22-18)23-19(26)24(3)12-20(13-25)7-9-27-10-8-20/h5-6,11,15,25H,4,7-10,12-13H2,1-3H3,(H,21,22)(H,23,26)/t15-/m1/s1. The number of benzene rings is 1. The molecule has 1 aliphatic heterocycles. The summed E-state index contributed by atoms with van der Waals surface area (Å²) in [6.45, 7) is 5.90. The summed E-state index contributed by atoms with van der Waals surface area (Å²) in [5, 5.41) is 12.9. The third-order valence-electron chi connectivity index (χ3n) is 5.50. The van der Waals surface area contributed by atoms with E-state index in [4.69, 9.17) is 4.74 Å². The third-order valence-corrected chi connectivity index (χ3v) is 5.50. The van der Waals surface area contributed by atoms with Crippen LogP contribution in [0.5, 0.6) is 0 Å². The highest BCUT2D eigenvalue weighted by atomic mass is 16.5. The number of aliphatic hydroxyl groups is 1. The highest BCUT2D eigenvalue weighted by Gasteiger charge is 2.34. The molecule has 1 aromatic heterocycles. The minimum atomic E-state index is -0.275. The molecule has 2 amide bonds. The maximum absolute atomic E-state index is 12.7. The molecule has 3 N–H and O–H groups in total. The van der Waals surface area contributed by atoms with Crippen LogP contribution in [-0.2, 0) is 4.74 Å². The number of nitrogens with one attached hydrogen (secondary N) is 2. The predicted molar refractivity (Wildman–Crippen MR) is 105 cm³/mol. The molecule has 0 unspecified atom stereocenters. The molecular formula is C20H30N4O3. The van der Waals surface area contributed by atoms with Gasteiger partial charge in [0.15, 0.2) is 0 Å². The summed E-state index contributed by atoms with van der Waals surface area (Å²) >= 11 is 0. The van der Waals surface area contributed by atoms with Crippen LogP contribution in [-0.4, -0.2) is 59.4 Å². The van der Waals surface area contributed by atoms with Crippen LogP contribution < -0.4 is 5.32 Å². The lowest BCUT2D eigenvalue weighted by Gasteiger charge is -2.38. The van der Waals surface area contributed by atoms with E-state index in [1.807, 2.05) is 26.0 Å². The highest BCUT2D eigenvalue weighted by Crippen LogP contribution is 2.31. The van der Waals surface area contributed by atoms with E-state index in [1.54, 1.807) is 11.9 Å². The number of ether oxygens (including phenoxy) is 1. The lowest BCUT2D eigenvalue weighted by Crippen LogP contribution is -2.48. The molecule has 148 valence electrons. The summed E-state index contributed by atoms with van der Waals surface area (Å²) in [4.78, 5) is 22.4. The van der Waals surface area contributed by atoms with Gasteiger partial charge < -0.3 is 25.0 Å². The van der Waals surface area contributed by atoms with Gasteiger partial charge in [-0.15, -0.1) is 0 Å². The Morgan fingerprint density at radius 1 is 1.44 bits per heavy atom. The van der Waals surface area contributed by atoms with Crippen LogP contribution in [0.4, 0.5) is 4.79 Å². The number of carbonyl (C=O) groups is 1. The molecule has 7 nitrogen and oxygen atoms in total. The van der Waals surface area contributed by atoms with Gasteiger partial charge in [0.05, 0.1) is 23.7 Å². The Bertz CT molecular complexity index is 783. The number of nitrogens with zero attached hydrogens (tertiary/aromatic N) is 2. The number of aliphatic hydroxyl groups excluding tert-OH is 1. The van der Waals surface area contributed by atoms with E-state index in [2.05, 4.69) is 21.4 Å². The number of urea groups is 1. The molecule has 1 aromatic carbocycles. The Kier molecular flexibility index (Phi) is 6.01. The molecule has 3 rings (SSSR count). The number of fused-ring (bicyclic) bond motifs is 1. The van der Waals surface area contributed by atoms with Crippen molar-refractivity contribution in [1.82, 2.24) is 20.2 Å². The van der Waals surface area contributed by atoms with E-state index in [1.165, 1.54) is 5.56 Å². The van der Waals surface area contributed by atoms with Crippen molar-refractivity contribution in [3.05, 3.63) is 29.6 Å². The molecule has 1 fully saturated rings. The zero-order valence-electron chi connectivity index (χ0n) is 16.4. The SMILES string of the molecule is CC[C@@H](NC(=O)N(C)CC1(CO)CCOCC1)c1nc2ccc(C)cc2[nH]1. The van der Waals surface area contributed by atoms with Crippen molar-refractivity contribution in [2.24, 2.45) is 5.41 Å². The first-order chi connectivity index (χ1) is 13.0. The van der Waals surface area contributed by atoms with Gasteiger partial charge in [-0.25, -0.2) is 9.78 Å². The molecule has 0 aliphatic carbocycles. The Labute approximate surface area is 160 Å². The molecule has 0 radical (unpaired) electrons. The fraction of sp³-hybridized carbons (Fsp3) is 0.600. The van der Waals surface area contributed by atoms with Gasteiger partial charge in [0.2, 0.25) is 0 Å². The van der Waals surface area contributed by atoms with Crippen LogP contribution >= 0.6 is 0 Å². The molecule has 2 aromatic rings. The number of imidazole rings is 1. The van der Waals surface area contributed by atoms with E-state index in [0.717, 1.165) is 36.1 Å². The predicted octanol–water partition coefficient (Wildman–Crippen LogP) is 2.75. The van der Waals surface area contributed by atoms with Gasteiger partial charge in [0, 0.05) is 32.2 Å². The van der Waals surface area contributed by atoms with Gasteiger partial charge in [-0.3, -0.25) is 0 Å². The molecule has 2 heterocycles. The first-order valence-electron chi connectivity index (χ1n) is 9.63. The number of aromatic amines is 1. The van der Waals surface area contributed by atoms with Crippen molar-refractivity contribution in [3.8, 4) is 0 Å². The van der Waals surface area contributed by atoms with Crippen molar-refractivity contribution >= 4 is 17.1 Å². The lowest BCUT2D eigenvalue weighted by molar-refractivity contribution is -0.0262.